The Hall–Kier alpha value is 0. The van der Waals surface area contributed by atoms with Crippen LogP contribution in [-0.2, 0) is 0 Å². The Morgan fingerprint density at radius 2 is 0.588 bits per heavy atom. The first-order valence-corrected chi connectivity index (χ1v) is 7.80. The monoisotopic (exact) mass is 248 g/mol. The maximum Gasteiger partial charge on any atom is -0.0385 e. The highest BCUT2D eigenvalue weighted by atomic mass is 14.1. The van der Waals surface area contributed by atoms with Gasteiger partial charge in [-0.05, 0) is 5.41 Å². The third kappa shape index (κ3) is 348. The Morgan fingerprint density at radius 1 is 0.529 bits per heavy atom. The molecule has 0 rings (SSSR count). The van der Waals surface area contributed by atoms with Crippen LogP contribution in [0, 0.1) is 5.41 Å². The Kier molecular flexibility index (Phi) is 64.0. The molecule has 0 heterocycles. The second-order valence-corrected chi connectivity index (χ2v) is 5.04. The zero-order chi connectivity index (χ0) is 15.3. The zero-order valence-corrected chi connectivity index (χ0v) is 15.3. The van der Waals surface area contributed by atoms with E-state index in [0.717, 1.165) is 0 Å². The van der Waals surface area contributed by atoms with Gasteiger partial charge in [0.1, 0.15) is 0 Å². The maximum atomic E-state index is 2.24. The first-order valence-electron chi connectivity index (χ1n) is 7.80. The van der Waals surface area contributed by atoms with Crippen molar-refractivity contribution in [2.24, 2.45) is 5.41 Å². The minimum Gasteiger partial charge on any atom is -0.0683 e. The van der Waals surface area contributed by atoms with E-state index in [0.29, 0.717) is 5.41 Å². The lowest BCUT2D eigenvalue weighted by Crippen LogP contribution is -2.00. The molecular formula is C17H44. The van der Waals surface area contributed by atoms with Crippen molar-refractivity contribution in [3.63, 3.8) is 0 Å². The fourth-order valence-electron chi connectivity index (χ4n) is 0. The highest BCUT2D eigenvalue weighted by Gasteiger charge is 2.03. The molecule has 0 unspecified atom stereocenters. The first kappa shape index (κ1) is 30.2. The summed E-state index contributed by atoms with van der Waals surface area (Å²) in [4.78, 5) is 0. The summed E-state index contributed by atoms with van der Waals surface area (Å²) >= 11 is 0. The SMILES string of the molecule is CC.CCC.CCC.CCC.CCC(C)(C)C. The highest BCUT2D eigenvalue weighted by molar-refractivity contribution is 4.55. The van der Waals surface area contributed by atoms with Gasteiger partial charge >= 0.3 is 0 Å². The number of rotatable bonds is 0. The Labute approximate surface area is 115 Å². The minimum absolute atomic E-state index is 0.542. The molecule has 0 aromatic heterocycles. The third-order valence-corrected chi connectivity index (χ3v) is 1.06. The van der Waals surface area contributed by atoms with Crippen LogP contribution in [0.25, 0.3) is 0 Å². The lowest BCUT2D eigenvalue weighted by Gasteiger charge is -2.12. The van der Waals surface area contributed by atoms with Gasteiger partial charge in [0.15, 0.2) is 0 Å². The van der Waals surface area contributed by atoms with E-state index in [-0.39, 0.29) is 0 Å². The zero-order valence-electron chi connectivity index (χ0n) is 15.3. The highest BCUT2D eigenvalue weighted by Crippen LogP contribution is 2.16. The molecule has 112 valence electrons. The van der Waals surface area contributed by atoms with Crippen LogP contribution >= 0.6 is 0 Å². The van der Waals surface area contributed by atoms with Gasteiger partial charge in [-0.3, -0.25) is 0 Å². The van der Waals surface area contributed by atoms with Gasteiger partial charge in [0.2, 0.25) is 0 Å². The van der Waals surface area contributed by atoms with E-state index in [1.165, 1.54) is 25.7 Å². The van der Waals surface area contributed by atoms with Gasteiger partial charge < -0.3 is 0 Å². The molecule has 0 aliphatic carbocycles. The molecule has 0 aromatic carbocycles. The molecule has 0 aliphatic rings. The van der Waals surface area contributed by atoms with E-state index in [1.807, 2.05) is 13.8 Å². The normalized spacial score (nSPS) is 7.76. The molecule has 0 saturated heterocycles. The van der Waals surface area contributed by atoms with E-state index in [9.17, 15) is 0 Å². The molecule has 17 heavy (non-hydrogen) atoms. The first-order chi connectivity index (χ1) is 7.80. The molecule has 0 aliphatic heterocycles. The standard InChI is InChI=1S/C6H14.3C3H8.C2H6/c1-5-6(2,3)4;3*1-3-2;1-2/h5H2,1-4H3;3*3H2,1-2H3;1-2H3. The molecule has 0 aromatic rings. The summed E-state index contributed by atoms with van der Waals surface area (Å²) in [5, 5.41) is 0. The summed E-state index contributed by atoms with van der Waals surface area (Å²) in [6, 6.07) is 0. The van der Waals surface area contributed by atoms with Gasteiger partial charge in [-0.2, -0.15) is 0 Å². The summed E-state index contributed by atoms with van der Waals surface area (Å²) in [5.74, 6) is 0. The van der Waals surface area contributed by atoms with Gasteiger partial charge in [-0.15, -0.1) is 0 Å². The van der Waals surface area contributed by atoms with Gasteiger partial charge in [0.05, 0.1) is 0 Å². The third-order valence-electron chi connectivity index (χ3n) is 1.06. The van der Waals surface area contributed by atoms with Gasteiger partial charge in [0, 0.05) is 0 Å². The lowest BCUT2D eigenvalue weighted by atomic mass is 9.94. The molecule has 0 bridgehead atoms. The van der Waals surface area contributed by atoms with Crippen molar-refractivity contribution in [1.82, 2.24) is 0 Å². The van der Waals surface area contributed by atoms with Crippen molar-refractivity contribution in [3.8, 4) is 0 Å². The molecule has 0 fully saturated rings. The fraction of sp³-hybridized carbons (Fsp3) is 1.00. The van der Waals surface area contributed by atoms with Crippen LogP contribution in [0.4, 0.5) is 0 Å². The predicted octanol–water partition coefficient (Wildman–Crippen LogP) is 7.72. The topological polar surface area (TPSA) is 0 Å². The summed E-state index contributed by atoms with van der Waals surface area (Å²) in [7, 11) is 0. The Balaban J connectivity index is -0.0000000380. The van der Waals surface area contributed by atoms with Crippen molar-refractivity contribution in [2.75, 3.05) is 0 Å². The Bertz CT molecular complexity index is 52.2. The smallest absolute Gasteiger partial charge is 0.0385 e. The van der Waals surface area contributed by atoms with Gasteiger partial charge in [-0.25, -0.2) is 0 Å². The lowest BCUT2D eigenvalue weighted by molar-refractivity contribution is 0.398. The molecule has 0 spiro atoms. The van der Waals surface area contributed by atoms with E-state index >= 15 is 0 Å². The Morgan fingerprint density at radius 3 is 0.588 bits per heavy atom. The molecular weight excluding hydrogens is 204 g/mol. The maximum absolute atomic E-state index is 2.24. The second-order valence-electron chi connectivity index (χ2n) is 5.04. The van der Waals surface area contributed by atoms with Gasteiger partial charge in [0.25, 0.3) is 0 Å². The van der Waals surface area contributed by atoms with Crippen LogP contribution in [0.5, 0.6) is 0 Å². The number of hydrogen-bond donors (Lipinski definition) is 0. The molecule has 0 amide bonds. The molecule has 0 saturated carbocycles. The molecule has 0 nitrogen and oxygen atoms in total. The average Bonchev–Trinajstić information content (AvgIpc) is 2.23. The van der Waals surface area contributed by atoms with Crippen LogP contribution in [-0.4, -0.2) is 0 Å². The molecule has 0 N–H and O–H groups in total. The second kappa shape index (κ2) is 36.0. The summed E-state index contributed by atoms with van der Waals surface area (Å²) in [6.07, 6.45) is 5.02. The molecule has 0 radical (unpaired) electrons. The van der Waals surface area contributed by atoms with Crippen molar-refractivity contribution in [2.45, 2.75) is 109 Å². The van der Waals surface area contributed by atoms with Crippen LogP contribution in [0.15, 0.2) is 0 Å². The molecule has 0 atom stereocenters. The van der Waals surface area contributed by atoms with Crippen molar-refractivity contribution in [1.29, 1.82) is 0 Å². The largest absolute Gasteiger partial charge is 0.0683 e. The quantitative estimate of drug-likeness (QED) is 0.411. The van der Waals surface area contributed by atoms with Crippen molar-refractivity contribution < 1.29 is 0 Å². The fourth-order valence-corrected chi connectivity index (χ4v) is 0. The predicted molar refractivity (Wildman–Crippen MR) is 89.0 cm³/mol. The number of hydrogen-bond acceptors (Lipinski definition) is 0. The van der Waals surface area contributed by atoms with Crippen LogP contribution in [0.3, 0.4) is 0 Å². The van der Waals surface area contributed by atoms with Crippen molar-refractivity contribution in [3.05, 3.63) is 0 Å². The van der Waals surface area contributed by atoms with E-state index in [1.54, 1.807) is 0 Å². The molecule has 0 heteroatoms. The minimum atomic E-state index is 0.542. The van der Waals surface area contributed by atoms with Crippen LogP contribution in [0.1, 0.15) is 109 Å². The van der Waals surface area contributed by atoms with Crippen LogP contribution in [0.2, 0.25) is 0 Å². The summed E-state index contributed by atoms with van der Waals surface area (Å²) in [6.45, 7) is 25.7. The van der Waals surface area contributed by atoms with Gasteiger partial charge in [-0.1, -0.05) is 109 Å². The average molecular weight is 249 g/mol. The van der Waals surface area contributed by atoms with E-state index in [2.05, 4.69) is 69.2 Å². The van der Waals surface area contributed by atoms with E-state index < -0.39 is 0 Å². The van der Waals surface area contributed by atoms with Crippen LogP contribution < -0.4 is 0 Å². The van der Waals surface area contributed by atoms with Crippen molar-refractivity contribution >= 4 is 0 Å². The summed E-state index contributed by atoms with van der Waals surface area (Å²) in [5.41, 5.74) is 0.542. The summed E-state index contributed by atoms with van der Waals surface area (Å²) < 4.78 is 0. The van der Waals surface area contributed by atoms with E-state index in [4.69, 9.17) is 0 Å².